The summed E-state index contributed by atoms with van der Waals surface area (Å²) in [5.41, 5.74) is 0.913. The molecule has 1 atom stereocenters. The Kier molecular flexibility index (Phi) is 4.22. The molecule has 1 aromatic carbocycles. The highest BCUT2D eigenvalue weighted by Crippen LogP contribution is 2.25. The molecule has 0 unspecified atom stereocenters. The maximum Gasteiger partial charge on any atom is 0.243 e. The first-order valence-corrected chi connectivity index (χ1v) is 8.67. The number of sulfonamides is 1. The highest BCUT2D eigenvalue weighted by Gasteiger charge is 2.32. The zero-order valence-corrected chi connectivity index (χ0v) is 13.6. The standard InChI is InChI=1S/C14H16ClN3O3S/c1-10-8-16-14(17-10)13-9-18(6-7-21-13)22(19,20)12-4-2-11(15)3-5-12/h2-5,8,13H,6-7,9H2,1H3,(H,16,17)/t13-/m0/s1. The molecule has 0 saturated carbocycles. The molecule has 3 rings (SSSR count). The molecule has 1 N–H and O–H groups in total. The van der Waals surface area contributed by atoms with Gasteiger partial charge in [0.25, 0.3) is 0 Å². The van der Waals surface area contributed by atoms with E-state index in [0.717, 1.165) is 5.69 Å². The van der Waals surface area contributed by atoms with Gasteiger partial charge in [0.05, 0.1) is 11.5 Å². The minimum absolute atomic E-state index is 0.230. The van der Waals surface area contributed by atoms with Crippen LogP contribution < -0.4 is 0 Å². The molecule has 1 saturated heterocycles. The Morgan fingerprint density at radius 3 is 2.73 bits per heavy atom. The molecule has 0 amide bonds. The summed E-state index contributed by atoms with van der Waals surface area (Å²) in [6.07, 6.45) is 1.32. The van der Waals surface area contributed by atoms with E-state index in [1.807, 2.05) is 6.92 Å². The quantitative estimate of drug-likeness (QED) is 0.928. The molecule has 0 radical (unpaired) electrons. The van der Waals surface area contributed by atoms with Crippen LogP contribution in [0.4, 0.5) is 0 Å². The van der Waals surface area contributed by atoms with Crippen LogP contribution in [0.25, 0.3) is 0 Å². The maximum absolute atomic E-state index is 12.7. The van der Waals surface area contributed by atoms with Crippen LogP contribution in [-0.2, 0) is 14.8 Å². The molecule has 2 heterocycles. The van der Waals surface area contributed by atoms with Gasteiger partial charge in [0.1, 0.15) is 11.9 Å². The monoisotopic (exact) mass is 341 g/mol. The molecule has 1 aliphatic rings. The van der Waals surface area contributed by atoms with Crippen molar-refractivity contribution in [1.29, 1.82) is 0 Å². The van der Waals surface area contributed by atoms with Crippen LogP contribution in [-0.4, -0.2) is 42.4 Å². The third-order valence-corrected chi connectivity index (χ3v) is 5.64. The number of aromatic nitrogens is 2. The molecule has 0 aliphatic carbocycles. The van der Waals surface area contributed by atoms with Crippen molar-refractivity contribution in [3.63, 3.8) is 0 Å². The number of nitrogens with one attached hydrogen (secondary N) is 1. The molecule has 118 valence electrons. The van der Waals surface area contributed by atoms with E-state index in [1.165, 1.54) is 16.4 Å². The molecule has 22 heavy (non-hydrogen) atoms. The minimum Gasteiger partial charge on any atom is -0.368 e. The topological polar surface area (TPSA) is 75.3 Å². The lowest BCUT2D eigenvalue weighted by Crippen LogP contribution is -2.42. The fraction of sp³-hybridized carbons (Fsp3) is 0.357. The number of morpholine rings is 1. The van der Waals surface area contributed by atoms with Crippen molar-refractivity contribution in [2.75, 3.05) is 19.7 Å². The summed E-state index contributed by atoms with van der Waals surface area (Å²) in [5, 5.41) is 0.505. The summed E-state index contributed by atoms with van der Waals surface area (Å²) in [4.78, 5) is 7.54. The van der Waals surface area contributed by atoms with Crippen LogP contribution in [0, 0.1) is 6.92 Å². The van der Waals surface area contributed by atoms with E-state index in [1.54, 1.807) is 18.3 Å². The smallest absolute Gasteiger partial charge is 0.243 e. The van der Waals surface area contributed by atoms with E-state index in [9.17, 15) is 8.42 Å². The summed E-state index contributed by atoms with van der Waals surface area (Å²) in [6, 6.07) is 6.17. The zero-order valence-electron chi connectivity index (χ0n) is 12.0. The van der Waals surface area contributed by atoms with E-state index in [-0.39, 0.29) is 17.5 Å². The molecule has 8 heteroatoms. The highest BCUT2D eigenvalue weighted by atomic mass is 35.5. The number of H-pyrrole nitrogens is 1. The average molecular weight is 342 g/mol. The predicted octanol–water partition coefficient (Wildman–Crippen LogP) is 2.13. The molecule has 0 bridgehead atoms. The Balaban J connectivity index is 1.83. The number of imidazole rings is 1. The van der Waals surface area contributed by atoms with E-state index < -0.39 is 10.0 Å². The lowest BCUT2D eigenvalue weighted by atomic mass is 10.3. The van der Waals surface area contributed by atoms with Crippen LogP contribution in [0.3, 0.4) is 0 Å². The number of nitrogens with zero attached hydrogens (tertiary/aromatic N) is 2. The van der Waals surface area contributed by atoms with Gasteiger partial charge in [-0.05, 0) is 31.2 Å². The van der Waals surface area contributed by atoms with Gasteiger partial charge >= 0.3 is 0 Å². The van der Waals surface area contributed by atoms with Gasteiger partial charge in [0.2, 0.25) is 10.0 Å². The summed E-state index contributed by atoms with van der Waals surface area (Å²) in [7, 11) is -3.56. The van der Waals surface area contributed by atoms with E-state index in [0.29, 0.717) is 24.0 Å². The Bertz CT molecular complexity index is 758. The van der Waals surface area contributed by atoms with Gasteiger partial charge in [-0.15, -0.1) is 0 Å². The number of rotatable bonds is 3. The summed E-state index contributed by atoms with van der Waals surface area (Å²) < 4.78 is 32.4. The number of halogens is 1. The first-order valence-electron chi connectivity index (χ1n) is 6.85. The number of hydrogen-bond donors (Lipinski definition) is 1. The molecule has 2 aromatic rings. The van der Waals surface area contributed by atoms with Crippen LogP contribution >= 0.6 is 11.6 Å². The Hall–Kier alpha value is -1.41. The van der Waals surface area contributed by atoms with Gasteiger partial charge in [-0.3, -0.25) is 0 Å². The second kappa shape index (κ2) is 6.00. The second-order valence-corrected chi connectivity index (χ2v) is 7.50. The normalized spacial score (nSPS) is 20.2. The Morgan fingerprint density at radius 1 is 1.36 bits per heavy atom. The Labute approximate surface area is 134 Å². The number of aryl methyl sites for hydroxylation is 1. The van der Waals surface area contributed by atoms with E-state index in [2.05, 4.69) is 9.97 Å². The van der Waals surface area contributed by atoms with Gasteiger partial charge in [0, 0.05) is 30.0 Å². The number of aromatic amines is 1. The third-order valence-electron chi connectivity index (χ3n) is 3.51. The first kappa shape index (κ1) is 15.5. The van der Waals surface area contributed by atoms with Gasteiger partial charge in [0.15, 0.2) is 0 Å². The molecular formula is C14H16ClN3O3S. The fourth-order valence-corrected chi connectivity index (χ4v) is 3.91. The van der Waals surface area contributed by atoms with Gasteiger partial charge in [-0.1, -0.05) is 11.6 Å². The fourth-order valence-electron chi connectivity index (χ4n) is 2.36. The SMILES string of the molecule is Cc1cnc([C@@H]2CN(S(=O)(=O)c3ccc(Cl)cc3)CCO2)[nH]1. The van der Waals surface area contributed by atoms with Crippen molar-refractivity contribution in [2.24, 2.45) is 0 Å². The average Bonchev–Trinajstić information content (AvgIpc) is 2.94. The van der Waals surface area contributed by atoms with Gasteiger partial charge < -0.3 is 9.72 Å². The zero-order chi connectivity index (χ0) is 15.7. The minimum atomic E-state index is -3.56. The third kappa shape index (κ3) is 3.03. The van der Waals surface area contributed by atoms with Crippen LogP contribution in [0.2, 0.25) is 5.02 Å². The first-order chi connectivity index (χ1) is 10.5. The van der Waals surface area contributed by atoms with Crippen molar-refractivity contribution < 1.29 is 13.2 Å². The molecule has 1 aliphatic heterocycles. The van der Waals surface area contributed by atoms with Gasteiger partial charge in [-0.25, -0.2) is 13.4 Å². The molecule has 6 nitrogen and oxygen atoms in total. The second-order valence-electron chi connectivity index (χ2n) is 5.13. The molecule has 1 fully saturated rings. The largest absolute Gasteiger partial charge is 0.368 e. The van der Waals surface area contributed by atoms with Crippen molar-refractivity contribution in [2.45, 2.75) is 17.9 Å². The highest BCUT2D eigenvalue weighted by molar-refractivity contribution is 7.89. The number of ether oxygens (including phenoxy) is 1. The van der Waals surface area contributed by atoms with Crippen LogP contribution in [0.5, 0.6) is 0 Å². The van der Waals surface area contributed by atoms with E-state index in [4.69, 9.17) is 16.3 Å². The predicted molar refractivity (Wildman–Crippen MR) is 82.2 cm³/mol. The van der Waals surface area contributed by atoms with Crippen molar-refractivity contribution in [1.82, 2.24) is 14.3 Å². The number of benzene rings is 1. The van der Waals surface area contributed by atoms with Crippen molar-refractivity contribution >= 4 is 21.6 Å². The summed E-state index contributed by atoms with van der Waals surface area (Å²) in [6.45, 7) is 2.78. The van der Waals surface area contributed by atoms with Crippen molar-refractivity contribution in [3.8, 4) is 0 Å². The maximum atomic E-state index is 12.7. The lowest BCUT2D eigenvalue weighted by Gasteiger charge is -2.31. The van der Waals surface area contributed by atoms with Gasteiger partial charge in [-0.2, -0.15) is 4.31 Å². The van der Waals surface area contributed by atoms with Crippen LogP contribution in [0.1, 0.15) is 17.6 Å². The van der Waals surface area contributed by atoms with E-state index >= 15 is 0 Å². The summed E-state index contributed by atoms with van der Waals surface area (Å²) in [5.74, 6) is 0.647. The van der Waals surface area contributed by atoms with Crippen molar-refractivity contribution in [3.05, 3.63) is 47.0 Å². The molecule has 0 spiro atoms. The van der Waals surface area contributed by atoms with Crippen LogP contribution in [0.15, 0.2) is 35.4 Å². The number of hydrogen-bond acceptors (Lipinski definition) is 4. The molecule has 1 aromatic heterocycles. The lowest BCUT2D eigenvalue weighted by molar-refractivity contribution is -0.00710. The molecular weight excluding hydrogens is 326 g/mol. The summed E-state index contributed by atoms with van der Waals surface area (Å²) >= 11 is 5.81. The Morgan fingerprint density at radius 2 is 2.09 bits per heavy atom.